The fourth-order valence-corrected chi connectivity index (χ4v) is 10.8. The minimum atomic E-state index is -0.120. The van der Waals surface area contributed by atoms with Crippen LogP contribution in [0.4, 0.5) is 11.4 Å². The average molecular weight is 803 g/mol. The van der Waals surface area contributed by atoms with Crippen molar-refractivity contribution in [2.45, 2.75) is 18.9 Å². The number of rotatable bonds is 4. The minimum Gasteiger partial charge on any atom is -0.330 e. The van der Waals surface area contributed by atoms with Gasteiger partial charge in [0.05, 0.1) is 61.7 Å². The Kier molecular flexibility index (Phi) is 7.44. The first kappa shape index (κ1) is 35.0. The van der Waals surface area contributed by atoms with Crippen LogP contribution in [-0.4, -0.2) is 19.7 Å². The fraction of sp³-hybridized carbons (Fsp3) is 0.0526. The quantitative estimate of drug-likeness (QED) is 0.167. The summed E-state index contributed by atoms with van der Waals surface area (Å²) in [6.07, 6.45) is 12.2. The molecule has 13 rings (SSSR count). The highest BCUT2D eigenvalue weighted by molar-refractivity contribution is 6.13. The van der Waals surface area contributed by atoms with Crippen molar-refractivity contribution in [3.05, 3.63) is 191 Å². The molecule has 6 nitrogen and oxygen atoms in total. The molecule has 4 heterocycles. The lowest BCUT2D eigenvalue weighted by molar-refractivity contribution is 0.820. The van der Waals surface area contributed by atoms with Gasteiger partial charge in [0, 0.05) is 55.9 Å². The Balaban J connectivity index is 1.36. The molecule has 0 amide bonds. The molecule has 2 aliphatic carbocycles. The Morgan fingerprint density at radius 1 is 0.524 bits per heavy atom. The van der Waals surface area contributed by atoms with Crippen LogP contribution < -0.4 is 15.5 Å². The van der Waals surface area contributed by atoms with Gasteiger partial charge in [0.25, 0.3) is 0 Å². The maximum Gasteiger partial charge on any atom is 0.104 e. The molecule has 0 fully saturated rings. The van der Waals surface area contributed by atoms with E-state index < -0.39 is 0 Å². The van der Waals surface area contributed by atoms with E-state index in [9.17, 15) is 10.5 Å². The van der Waals surface area contributed by atoms with Gasteiger partial charge in [0.15, 0.2) is 0 Å². The number of fused-ring (bicyclic) bond motifs is 12. The van der Waals surface area contributed by atoms with Crippen LogP contribution in [0, 0.1) is 34.5 Å². The summed E-state index contributed by atoms with van der Waals surface area (Å²) in [5, 5.41) is 31.6. The molecule has 0 bridgehead atoms. The van der Waals surface area contributed by atoms with Gasteiger partial charge >= 0.3 is 0 Å². The molecule has 3 aromatic heterocycles. The van der Waals surface area contributed by atoms with E-state index in [1.807, 2.05) is 18.2 Å². The largest absolute Gasteiger partial charge is 0.330 e. The average Bonchev–Trinajstić information content (AvgIpc) is 3.99. The van der Waals surface area contributed by atoms with Crippen molar-refractivity contribution in [2.75, 3.05) is 4.90 Å². The van der Waals surface area contributed by atoms with Gasteiger partial charge in [0.1, 0.15) is 23.3 Å². The maximum absolute atomic E-state index is 12.2. The first-order valence-electron chi connectivity index (χ1n) is 21.3. The van der Waals surface area contributed by atoms with Crippen molar-refractivity contribution in [1.82, 2.24) is 13.7 Å². The number of benzene rings is 7. The van der Waals surface area contributed by atoms with Gasteiger partial charge in [0.2, 0.25) is 0 Å². The van der Waals surface area contributed by atoms with Crippen LogP contribution in [0.25, 0.3) is 89.3 Å². The number of aromatic nitrogens is 3. The Morgan fingerprint density at radius 3 is 1.60 bits per heavy atom. The molecule has 1 unspecified atom stereocenters. The molecule has 0 radical (unpaired) electrons. The lowest BCUT2D eigenvalue weighted by Crippen LogP contribution is -2.33. The molecular weight excluding hydrogens is 769 g/mol. The van der Waals surface area contributed by atoms with Gasteiger partial charge in [-0.05, 0) is 48.4 Å². The van der Waals surface area contributed by atoms with Crippen LogP contribution in [-0.2, 0) is 0 Å². The smallest absolute Gasteiger partial charge is 0.104 e. The van der Waals surface area contributed by atoms with Gasteiger partial charge < -0.3 is 18.6 Å². The van der Waals surface area contributed by atoms with Crippen molar-refractivity contribution in [3.63, 3.8) is 0 Å². The molecule has 0 N–H and O–H groups in total. The molecular formula is C57H34N6. The van der Waals surface area contributed by atoms with Gasteiger partial charge in [-0.25, -0.2) is 0 Å². The third-order valence-electron chi connectivity index (χ3n) is 13.3. The monoisotopic (exact) mass is 802 g/mol. The summed E-state index contributed by atoms with van der Waals surface area (Å²) in [6.45, 7) is 0. The highest BCUT2D eigenvalue weighted by Gasteiger charge is 2.41. The predicted octanol–water partition coefficient (Wildman–Crippen LogP) is 11.4. The van der Waals surface area contributed by atoms with Crippen LogP contribution in [0.1, 0.15) is 29.5 Å². The molecule has 0 spiro atoms. The van der Waals surface area contributed by atoms with E-state index in [1.54, 1.807) is 0 Å². The molecule has 1 atom stereocenters. The second-order valence-electron chi connectivity index (χ2n) is 16.3. The second kappa shape index (κ2) is 13.4. The summed E-state index contributed by atoms with van der Waals surface area (Å²) in [7, 11) is 0. The van der Waals surface area contributed by atoms with E-state index in [0.717, 1.165) is 88.4 Å². The van der Waals surface area contributed by atoms with E-state index in [2.05, 4.69) is 200 Å². The summed E-state index contributed by atoms with van der Waals surface area (Å²) in [6, 6.07) is 56.1. The van der Waals surface area contributed by atoms with Crippen LogP contribution >= 0.6 is 0 Å². The summed E-state index contributed by atoms with van der Waals surface area (Å²) in [5.74, 6) is 6.68. The van der Waals surface area contributed by atoms with Gasteiger partial charge in [-0.2, -0.15) is 10.5 Å². The minimum absolute atomic E-state index is 0.120. The topological polar surface area (TPSA) is 65.6 Å². The maximum atomic E-state index is 12.2. The summed E-state index contributed by atoms with van der Waals surface area (Å²) < 4.78 is 6.73. The van der Waals surface area contributed by atoms with E-state index in [-0.39, 0.29) is 6.04 Å². The molecule has 0 saturated carbocycles. The van der Waals surface area contributed by atoms with E-state index >= 15 is 0 Å². The van der Waals surface area contributed by atoms with E-state index in [1.165, 1.54) is 5.57 Å². The van der Waals surface area contributed by atoms with Gasteiger partial charge in [-0.1, -0.05) is 145 Å². The molecule has 6 heteroatoms. The van der Waals surface area contributed by atoms with Gasteiger partial charge in [-0.15, -0.1) is 0 Å². The van der Waals surface area contributed by atoms with Crippen molar-refractivity contribution >= 4 is 83.6 Å². The lowest BCUT2D eigenvalue weighted by Gasteiger charge is -2.35. The summed E-state index contributed by atoms with van der Waals surface area (Å²) in [5.41, 5.74) is 11.6. The predicted molar refractivity (Wildman–Crippen MR) is 256 cm³/mol. The van der Waals surface area contributed by atoms with E-state index in [4.69, 9.17) is 0 Å². The van der Waals surface area contributed by atoms with Crippen LogP contribution in [0.2, 0.25) is 0 Å². The zero-order valence-corrected chi connectivity index (χ0v) is 33.9. The second-order valence-corrected chi connectivity index (χ2v) is 16.3. The first-order valence-corrected chi connectivity index (χ1v) is 21.3. The number of hydrogen-bond acceptors (Lipinski definition) is 3. The molecule has 63 heavy (non-hydrogen) atoms. The van der Waals surface area contributed by atoms with E-state index in [0.29, 0.717) is 34.6 Å². The molecule has 292 valence electrons. The Labute approximate surface area is 362 Å². The fourth-order valence-electron chi connectivity index (χ4n) is 10.8. The molecule has 3 aliphatic rings. The highest BCUT2D eigenvalue weighted by atomic mass is 15.2. The number of nitrogens with zero attached hydrogens (tertiary/aromatic N) is 6. The molecule has 1 aliphatic heterocycles. The molecule has 7 aromatic carbocycles. The Bertz CT molecular complexity index is 3920. The van der Waals surface area contributed by atoms with Crippen molar-refractivity contribution in [1.29, 1.82) is 10.5 Å². The highest BCUT2D eigenvalue weighted by Crippen LogP contribution is 2.54. The number of allylic oxidation sites excluding steroid dienone is 2. The summed E-state index contributed by atoms with van der Waals surface area (Å²) >= 11 is 0. The number of para-hydroxylation sites is 6. The van der Waals surface area contributed by atoms with Crippen molar-refractivity contribution in [3.8, 4) is 41.0 Å². The zero-order chi connectivity index (χ0) is 41.8. The third kappa shape index (κ3) is 4.71. The molecule has 0 saturated heterocycles. The number of anilines is 2. The third-order valence-corrected chi connectivity index (χ3v) is 13.3. The lowest BCUT2D eigenvalue weighted by atomic mass is 9.94. The van der Waals surface area contributed by atoms with Crippen molar-refractivity contribution in [2.24, 2.45) is 0 Å². The first-order chi connectivity index (χ1) is 31.3. The normalized spacial score (nSPS) is 14.9. The van der Waals surface area contributed by atoms with Crippen LogP contribution in [0.5, 0.6) is 0 Å². The van der Waals surface area contributed by atoms with Crippen LogP contribution in [0.15, 0.2) is 164 Å². The molecule has 10 aromatic rings. The number of hydrogen-bond donors (Lipinski definition) is 0. The van der Waals surface area contributed by atoms with Crippen molar-refractivity contribution < 1.29 is 0 Å². The standard InChI is InChI=1S/C57H34N6/c58-34-44-54(60-46-27-11-4-19-37(46)38-20-5-12-28-47(38)60)45(35-59)56(62-50-30-14-7-22-40(50)41-23-8-15-31-51(41)62)57(63-52-32-16-9-24-42(52)43-25-10-17-33-53(43)63)55(44)61-48-26-3-1-2-18-36(48)39-21-6-13-29-49(39)61/h4-32,53H,2,33H2. The van der Waals surface area contributed by atoms with Crippen LogP contribution in [0.3, 0.4) is 0 Å². The Hall–Kier alpha value is -8.76. The Morgan fingerprint density at radius 2 is 1.02 bits per heavy atom. The SMILES string of the molecule is N#Cc1c(-n2c3c(c4ccccc42)=CCC#CC=3)c(N2c3ccccc3C3=CC=CCC32)c(-n2c3ccccc3c3ccccc32)c(C#N)c1-n1c2ccccc2c2ccccc21. The number of nitriles is 2. The van der Waals surface area contributed by atoms with Gasteiger partial charge in [-0.3, -0.25) is 0 Å². The zero-order valence-electron chi connectivity index (χ0n) is 33.9. The summed E-state index contributed by atoms with van der Waals surface area (Å²) in [4.78, 5) is 2.43.